The highest BCUT2D eigenvalue weighted by atomic mass is 32.9. The van der Waals surface area contributed by atoms with Gasteiger partial charge in [0, 0.05) is 18.1 Å². The minimum atomic E-state index is 0.956. The van der Waals surface area contributed by atoms with Crippen LogP contribution in [0.1, 0.15) is 32.6 Å². The summed E-state index contributed by atoms with van der Waals surface area (Å²) in [4.78, 5) is 10.1. The molecule has 0 fully saturated rings. The maximum atomic E-state index is 4.66. The van der Waals surface area contributed by atoms with E-state index in [-0.39, 0.29) is 0 Å². The van der Waals surface area contributed by atoms with E-state index in [0.717, 1.165) is 16.0 Å². The van der Waals surface area contributed by atoms with Crippen LogP contribution in [-0.2, 0) is 0 Å². The molecule has 0 saturated heterocycles. The molecule has 0 amide bonds. The third kappa shape index (κ3) is 2.89. The second-order valence-electron chi connectivity index (χ2n) is 3.77. The van der Waals surface area contributed by atoms with Crippen molar-refractivity contribution in [2.75, 3.05) is 6.54 Å². The van der Waals surface area contributed by atoms with E-state index in [0.29, 0.717) is 0 Å². The quantitative estimate of drug-likeness (QED) is 0.586. The molecular formula is C12H16N2S2. The fourth-order valence-electron chi connectivity index (χ4n) is 1.57. The molecule has 0 atom stereocenters. The molecule has 0 spiro atoms. The Hall–Kier alpha value is -0.740. The van der Waals surface area contributed by atoms with Gasteiger partial charge in [-0.25, -0.2) is 4.98 Å². The van der Waals surface area contributed by atoms with Gasteiger partial charge in [0.25, 0.3) is 0 Å². The van der Waals surface area contributed by atoms with Crippen LogP contribution in [0.25, 0.3) is 10.2 Å². The minimum Gasteiger partial charge on any atom is -0.273 e. The van der Waals surface area contributed by atoms with Crippen LogP contribution in [0.3, 0.4) is 0 Å². The smallest absolute Gasteiger partial charge is 0.136 e. The molecule has 4 heteroatoms. The van der Waals surface area contributed by atoms with E-state index in [4.69, 9.17) is 0 Å². The van der Waals surface area contributed by atoms with Crippen LogP contribution in [0, 0.1) is 0 Å². The summed E-state index contributed by atoms with van der Waals surface area (Å²) >= 11 is 0. The van der Waals surface area contributed by atoms with Crippen molar-refractivity contribution in [1.29, 1.82) is 0 Å². The van der Waals surface area contributed by atoms with Crippen molar-refractivity contribution >= 4 is 30.9 Å². The van der Waals surface area contributed by atoms with Crippen LogP contribution in [0.4, 0.5) is 0 Å². The molecule has 0 unspecified atom stereocenters. The molecule has 0 radical (unpaired) electrons. The highest BCUT2D eigenvalue weighted by Crippen LogP contribution is 2.16. The van der Waals surface area contributed by atoms with Gasteiger partial charge in [0.2, 0.25) is 0 Å². The molecular weight excluding hydrogens is 236 g/mol. The number of nitrogens with zero attached hydrogens (tertiary/aromatic N) is 2. The summed E-state index contributed by atoms with van der Waals surface area (Å²) in [5, 5.41) is 1.22. The Morgan fingerprint density at radius 3 is 3.06 bits per heavy atom. The third-order valence-electron chi connectivity index (χ3n) is 2.47. The zero-order chi connectivity index (χ0) is 11.2. The van der Waals surface area contributed by atoms with Gasteiger partial charge in [-0.15, -0.1) is 0 Å². The summed E-state index contributed by atoms with van der Waals surface area (Å²) in [5.74, 6) is 0. The minimum absolute atomic E-state index is 0.956. The van der Waals surface area contributed by atoms with Gasteiger partial charge >= 0.3 is 0 Å². The predicted molar refractivity (Wildman–Crippen MR) is 72.1 cm³/mol. The molecule has 0 N–H and O–H groups in total. The molecule has 0 aliphatic heterocycles. The summed E-state index contributed by atoms with van der Waals surface area (Å²) in [7, 11) is 3.46. The van der Waals surface area contributed by atoms with Gasteiger partial charge < -0.3 is 0 Å². The lowest BCUT2D eigenvalue weighted by Gasteiger charge is -1.93. The Morgan fingerprint density at radius 2 is 2.19 bits per heavy atom. The highest BCUT2D eigenvalue weighted by Gasteiger charge is 1.98. The second kappa shape index (κ2) is 6.11. The van der Waals surface area contributed by atoms with Gasteiger partial charge in [0.05, 0.1) is 0 Å². The summed E-state index contributed by atoms with van der Waals surface area (Å²) in [5.41, 5.74) is 0. The number of rotatable bonds is 5. The van der Waals surface area contributed by atoms with E-state index in [1.807, 2.05) is 12.3 Å². The topological polar surface area (TPSA) is 25.2 Å². The number of hydrogen-bond acceptors (Lipinski definition) is 4. The van der Waals surface area contributed by atoms with Crippen molar-refractivity contribution in [2.45, 2.75) is 32.6 Å². The first-order valence-electron chi connectivity index (χ1n) is 5.76. The highest BCUT2D eigenvalue weighted by molar-refractivity contribution is 7.71. The monoisotopic (exact) mass is 252 g/mol. The van der Waals surface area contributed by atoms with Crippen molar-refractivity contribution in [3.05, 3.63) is 23.0 Å². The second-order valence-corrected chi connectivity index (χ2v) is 5.88. The van der Waals surface area contributed by atoms with Crippen LogP contribution < -0.4 is 4.67 Å². The molecule has 2 nitrogen and oxygen atoms in total. The molecule has 16 heavy (non-hydrogen) atoms. The van der Waals surface area contributed by atoms with Crippen molar-refractivity contribution in [2.24, 2.45) is 4.99 Å². The van der Waals surface area contributed by atoms with Gasteiger partial charge in [-0.1, -0.05) is 46.9 Å². The van der Waals surface area contributed by atoms with E-state index in [1.165, 1.54) is 31.1 Å². The maximum Gasteiger partial charge on any atom is 0.136 e. The predicted octanol–water partition coefficient (Wildman–Crippen LogP) is 3.84. The van der Waals surface area contributed by atoms with Gasteiger partial charge in [0.1, 0.15) is 9.50 Å². The Kier molecular flexibility index (Phi) is 4.48. The first-order valence-corrected chi connectivity index (χ1v) is 7.91. The fraction of sp³-hybridized carbons (Fsp3) is 0.500. The van der Waals surface area contributed by atoms with E-state index in [2.05, 4.69) is 23.0 Å². The van der Waals surface area contributed by atoms with Gasteiger partial charge in [-0.05, 0) is 18.6 Å². The Balaban J connectivity index is 2.05. The summed E-state index contributed by atoms with van der Waals surface area (Å²) in [6.07, 6.45) is 6.96. The Labute approximate surface area is 103 Å². The first kappa shape index (κ1) is 11.7. The number of unbranched alkanes of at least 4 members (excludes halogenated alkanes) is 3. The zero-order valence-electron chi connectivity index (χ0n) is 9.48. The average Bonchev–Trinajstić information content (AvgIpc) is 2.73. The number of aromatic nitrogens is 1. The maximum absolute atomic E-state index is 4.66. The normalized spacial score (nSPS) is 12.4. The molecule has 0 aromatic carbocycles. The van der Waals surface area contributed by atoms with E-state index >= 15 is 0 Å². The molecule has 2 heterocycles. The standard InChI is InChI=1S/C12H16N2S2/c1-2-3-4-5-8-13-11-10-7-6-9-14-12(10)16-15-11/h6-7,9H,2-5,8H2,1H3. The Bertz CT molecular complexity index is 499. The number of hydrogen-bond donors (Lipinski definition) is 0. The largest absolute Gasteiger partial charge is 0.273 e. The van der Waals surface area contributed by atoms with Gasteiger partial charge in [-0.2, -0.15) is 0 Å². The van der Waals surface area contributed by atoms with E-state index in [1.54, 1.807) is 20.7 Å². The summed E-state index contributed by atoms with van der Waals surface area (Å²) in [6, 6.07) is 4.10. The molecule has 2 aromatic heterocycles. The van der Waals surface area contributed by atoms with Crippen LogP contribution in [0.5, 0.6) is 0 Å². The molecule has 0 saturated carbocycles. The number of pyridine rings is 1. The number of fused-ring (bicyclic) bond motifs is 1. The van der Waals surface area contributed by atoms with E-state index in [9.17, 15) is 0 Å². The SMILES string of the molecule is CCCCCCN=c1ssc2ncccc12. The lowest BCUT2D eigenvalue weighted by Crippen LogP contribution is -1.96. The molecule has 2 rings (SSSR count). The summed E-state index contributed by atoms with van der Waals surface area (Å²) < 4.78 is 1.16. The zero-order valence-corrected chi connectivity index (χ0v) is 11.1. The van der Waals surface area contributed by atoms with Crippen molar-refractivity contribution in [1.82, 2.24) is 4.98 Å². The summed E-state index contributed by atoms with van der Waals surface area (Å²) in [6.45, 7) is 3.19. The van der Waals surface area contributed by atoms with Crippen molar-refractivity contribution in [3.63, 3.8) is 0 Å². The first-order chi connectivity index (χ1) is 7.92. The van der Waals surface area contributed by atoms with E-state index < -0.39 is 0 Å². The molecule has 0 bridgehead atoms. The van der Waals surface area contributed by atoms with Crippen LogP contribution in [-0.4, -0.2) is 11.5 Å². The van der Waals surface area contributed by atoms with Gasteiger partial charge in [0.15, 0.2) is 0 Å². The molecule has 0 aliphatic rings. The lowest BCUT2D eigenvalue weighted by atomic mass is 10.2. The molecule has 0 aliphatic carbocycles. The molecule has 2 aromatic rings. The van der Waals surface area contributed by atoms with Gasteiger partial charge in [-0.3, -0.25) is 4.99 Å². The van der Waals surface area contributed by atoms with Crippen molar-refractivity contribution < 1.29 is 0 Å². The van der Waals surface area contributed by atoms with Crippen molar-refractivity contribution in [3.8, 4) is 0 Å². The lowest BCUT2D eigenvalue weighted by molar-refractivity contribution is 0.672. The third-order valence-corrected chi connectivity index (χ3v) is 4.74. The van der Waals surface area contributed by atoms with Crippen LogP contribution in [0.2, 0.25) is 0 Å². The average molecular weight is 252 g/mol. The van der Waals surface area contributed by atoms with Crippen LogP contribution in [0.15, 0.2) is 23.3 Å². The van der Waals surface area contributed by atoms with Crippen LogP contribution >= 0.6 is 20.7 Å². The fourth-order valence-corrected chi connectivity index (χ4v) is 3.85. The Morgan fingerprint density at radius 1 is 1.25 bits per heavy atom. The molecule has 86 valence electrons.